The van der Waals surface area contributed by atoms with Crippen LogP contribution in [0.25, 0.3) is 11.0 Å². The molecule has 2 aromatic rings. The molecular formula is C9H10Cl2N2. The summed E-state index contributed by atoms with van der Waals surface area (Å²) in [6.45, 7) is 1.98. The van der Waals surface area contributed by atoms with Crippen LogP contribution in [0.3, 0.4) is 0 Å². The first-order valence-corrected chi connectivity index (χ1v) is 4.15. The van der Waals surface area contributed by atoms with Crippen LogP contribution >= 0.6 is 24.0 Å². The van der Waals surface area contributed by atoms with E-state index in [4.69, 9.17) is 11.6 Å². The smallest absolute Gasteiger partial charge is 0.106 e. The van der Waals surface area contributed by atoms with Crippen molar-refractivity contribution < 1.29 is 0 Å². The highest BCUT2D eigenvalue weighted by Gasteiger charge is 2.02. The Kier molecular flexibility index (Phi) is 2.84. The Morgan fingerprint density at radius 2 is 2.08 bits per heavy atom. The summed E-state index contributed by atoms with van der Waals surface area (Å²) in [5, 5.41) is 0.755. The Hall–Kier alpha value is -0.730. The summed E-state index contributed by atoms with van der Waals surface area (Å²) in [7, 11) is 1.99. The molecule has 0 amide bonds. The Balaban J connectivity index is 0.000000845. The SMILES string of the molecule is Cc1nc2ccc(Cl)cc2n1C.Cl. The second kappa shape index (κ2) is 3.56. The Labute approximate surface area is 87.9 Å². The number of imidazole rings is 1. The van der Waals surface area contributed by atoms with Crippen LogP contribution in [0.15, 0.2) is 18.2 Å². The van der Waals surface area contributed by atoms with E-state index in [0.717, 1.165) is 21.9 Å². The van der Waals surface area contributed by atoms with Crippen LogP contribution in [0.1, 0.15) is 5.82 Å². The van der Waals surface area contributed by atoms with Crippen LogP contribution in [-0.2, 0) is 7.05 Å². The predicted octanol–water partition coefficient (Wildman–Crippen LogP) is 2.96. The highest BCUT2D eigenvalue weighted by Crippen LogP contribution is 2.18. The average molecular weight is 217 g/mol. The van der Waals surface area contributed by atoms with Crippen molar-refractivity contribution >= 4 is 35.0 Å². The molecule has 0 saturated heterocycles. The predicted molar refractivity (Wildman–Crippen MR) is 57.7 cm³/mol. The number of hydrogen-bond donors (Lipinski definition) is 0. The highest BCUT2D eigenvalue weighted by molar-refractivity contribution is 6.31. The van der Waals surface area contributed by atoms with Crippen molar-refractivity contribution in [3.63, 3.8) is 0 Å². The van der Waals surface area contributed by atoms with E-state index in [9.17, 15) is 0 Å². The summed E-state index contributed by atoms with van der Waals surface area (Å²) >= 11 is 5.86. The van der Waals surface area contributed by atoms with Crippen LogP contribution < -0.4 is 0 Å². The van der Waals surface area contributed by atoms with E-state index in [1.165, 1.54) is 0 Å². The van der Waals surface area contributed by atoms with Gasteiger partial charge >= 0.3 is 0 Å². The highest BCUT2D eigenvalue weighted by atomic mass is 35.5. The molecule has 0 aliphatic carbocycles. The van der Waals surface area contributed by atoms with E-state index in [2.05, 4.69) is 4.98 Å². The normalized spacial score (nSPS) is 10.1. The summed E-state index contributed by atoms with van der Waals surface area (Å²) < 4.78 is 2.03. The third-order valence-electron chi connectivity index (χ3n) is 2.07. The Morgan fingerprint density at radius 3 is 2.77 bits per heavy atom. The first-order chi connectivity index (χ1) is 5.68. The molecule has 0 aliphatic heterocycles. The van der Waals surface area contributed by atoms with Crippen LogP contribution in [-0.4, -0.2) is 9.55 Å². The molecular weight excluding hydrogens is 207 g/mol. The second-order valence-electron chi connectivity index (χ2n) is 2.85. The van der Waals surface area contributed by atoms with Crippen molar-refractivity contribution in [2.45, 2.75) is 6.92 Å². The number of halogens is 2. The number of fused-ring (bicyclic) bond motifs is 1. The second-order valence-corrected chi connectivity index (χ2v) is 3.29. The molecule has 2 nitrogen and oxygen atoms in total. The molecule has 0 N–H and O–H groups in total. The minimum absolute atomic E-state index is 0. The monoisotopic (exact) mass is 216 g/mol. The fraction of sp³-hybridized carbons (Fsp3) is 0.222. The zero-order valence-electron chi connectivity index (χ0n) is 7.41. The average Bonchev–Trinajstić information content (AvgIpc) is 2.31. The standard InChI is InChI=1S/C9H9ClN2.ClH/c1-6-11-8-4-3-7(10)5-9(8)12(6)2;/h3-5H,1-2H3;1H. The van der Waals surface area contributed by atoms with Crippen molar-refractivity contribution in [2.24, 2.45) is 7.05 Å². The first-order valence-electron chi connectivity index (χ1n) is 3.77. The summed E-state index contributed by atoms with van der Waals surface area (Å²) in [5.74, 6) is 1.01. The molecule has 1 aromatic heterocycles. The van der Waals surface area contributed by atoms with Gasteiger partial charge in [-0.2, -0.15) is 0 Å². The lowest BCUT2D eigenvalue weighted by Gasteiger charge is -1.95. The van der Waals surface area contributed by atoms with E-state index >= 15 is 0 Å². The lowest BCUT2D eigenvalue weighted by molar-refractivity contribution is 0.886. The van der Waals surface area contributed by atoms with Crippen LogP contribution in [0.4, 0.5) is 0 Å². The van der Waals surface area contributed by atoms with Gasteiger partial charge in [0.05, 0.1) is 11.0 Å². The molecule has 70 valence electrons. The van der Waals surface area contributed by atoms with Crippen molar-refractivity contribution in [1.82, 2.24) is 9.55 Å². The van der Waals surface area contributed by atoms with E-state index in [1.807, 2.05) is 36.7 Å². The maximum atomic E-state index is 5.86. The zero-order chi connectivity index (χ0) is 8.72. The van der Waals surface area contributed by atoms with Crippen molar-refractivity contribution in [3.8, 4) is 0 Å². The van der Waals surface area contributed by atoms with Gasteiger partial charge < -0.3 is 4.57 Å². The summed E-state index contributed by atoms with van der Waals surface area (Å²) in [4.78, 5) is 4.36. The summed E-state index contributed by atoms with van der Waals surface area (Å²) in [5.41, 5.74) is 2.08. The molecule has 2 rings (SSSR count). The molecule has 0 bridgehead atoms. The molecule has 0 spiro atoms. The molecule has 13 heavy (non-hydrogen) atoms. The fourth-order valence-corrected chi connectivity index (χ4v) is 1.45. The van der Waals surface area contributed by atoms with Gasteiger partial charge in [0.2, 0.25) is 0 Å². The molecule has 0 saturated carbocycles. The summed E-state index contributed by atoms with van der Waals surface area (Å²) in [6, 6.07) is 5.72. The third-order valence-corrected chi connectivity index (χ3v) is 2.30. The van der Waals surface area contributed by atoms with Gasteiger partial charge in [0.1, 0.15) is 5.82 Å². The number of aryl methyl sites for hydroxylation is 2. The molecule has 1 heterocycles. The Bertz CT molecular complexity index is 434. The minimum atomic E-state index is 0. The van der Waals surface area contributed by atoms with Gasteiger partial charge in [-0.05, 0) is 25.1 Å². The molecule has 4 heteroatoms. The van der Waals surface area contributed by atoms with E-state index in [1.54, 1.807) is 0 Å². The fourth-order valence-electron chi connectivity index (χ4n) is 1.28. The maximum absolute atomic E-state index is 5.86. The number of hydrogen-bond acceptors (Lipinski definition) is 1. The molecule has 0 atom stereocenters. The van der Waals surface area contributed by atoms with E-state index in [0.29, 0.717) is 0 Å². The van der Waals surface area contributed by atoms with Crippen LogP contribution in [0, 0.1) is 6.92 Å². The molecule has 0 fully saturated rings. The van der Waals surface area contributed by atoms with Gasteiger partial charge in [0, 0.05) is 12.1 Å². The number of benzene rings is 1. The first kappa shape index (κ1) is 10.4. The zero-order valence-corrected chi connectivity index (χ0v) is 8.99. The van der Waals surface area contributed by atoms with Crippen molar-refractivity contribution in [2.75, 3.05) is 0 Å². The summed E-state index contributed by atoms with van der Waals surface area (Å²) in [6.07, 6.45) is 0. The lowest BCUT2D eigenvalue weighted by atomic mass is 10.3. The molecule has 1 aromatic carbocycles. The van der Waals surface area contributed by atoms with Crippen molar-refractivity contribution in [1.29, 1.82) is 0 Å². The Morgan fingerprint density at radius 1 is 1.38 bits per heavy atom. The third kappa shape index (κ3) is 1.64. The van der Waals surface area contributed by atoms with Crippen LogP contribution in [0.5, 0.6) is 0 Å². The van der Waals surface area contributed by atoms with Gasteiger partial charge in [0.15, 0.2) is 0 Å². The topological polar surface area (TPSA) is 17.8 Å². The van der Waals surface area contributed by atoms with Crippen LogP contribution in [0.2, 0.25) is 5.02 Å². The molecule has 0 unspecified atom stereocenters. The van der Waals surface area contributed by atoms with Crippen molar-refractivity contribution in [3.05, 3.63) is 29.0 Å². The molecule has 0 radical (unpaired) electrons. The largest absolute Gasteiger partial charge is 0.331 e. The van der Waals surface area contributed by atoms with E-state index < -0.39 is 0 Å². The molecule has 0 aliphatic rings. The number of nitrogens with zero attached hydrogens (tertiary/aromatic N) is 2. The van der Waals surface area contributed by atoms with Gasteiger partial charge in [-0.1, -0.05) is 11.6 Å². The van der Waals surface area contributed by atoms with Gasteiger partial charge in [0.25, 0.3) is 0 Å². The maximum Gasteiger partial charge on any atom is 0.106 e. The minimum Gasteiger partial charge on any atom is -0.331 e. The van der Waals surface area contributed by atoms with E-state index in [-0.39, 0.29) is 12.4 Å². The lowest BCUT2D eigenvalue weighted by Crippen LogP contribution is -1.89. The quantitative estimate of drug-likeness (QED) is 0.663. The number of rotatable bonds is 0. The van der Waals surface area contributed by atoms with Gasteiger partial charge in [-0.3, -0.25) is 0 Å². The van der Waals surface area contributed by atoms with Gasteiger partial charge in [-0.25, -0.2) is 4.98 Å². The van der Waals surface area contributed by atoms with Gasteiger partial charge in [-0.15, -0.1) is 12.4 Å². The number of aromatic nitrogens is 2.